The Morgan fingerprint density at radius 3 is 2.45 bits per heavy atom. The Labute approximate surface area is 69.5 Å². The van der Waals surface area contributed by atoms with Gasteiger partial charge in [0.15, 0.2) is 0 Å². The maximum Gasteiger partial charge on any atom is 0.0670 e. The third-order valence-corrected chi connectivity index (χ3v) is 2.37. The Kier molecular flexibility index (Phi) is 3.87. The fourth-order valence-corrected chi connectivity index (χ4v) is 1.58. The molecular formula is C9H19NO. The van der Waals surface area contributed by atoms with E-state index in [4.69, 9.17) is 4.74 Å². The van der Waals surface area contributed by atoms with Crippen molar-refractivity contribution in [2.45, 2.75) is 32.3 Å². The molecule has 2 nitrogen and oxygen atoms in total. The predicted molar refractivity (Wildman–Crippen MR) is 46.8 cm³/mol. The Hall–Kier alpha value is -0.0800. The van der Waals surface area contributed by atoms with E-state index in [1.54, 1.807) is 7.11 Å². The zero-order valence-electron chi connectivity index (χ0n) is 7.68. The molecule has 0 aromatic carbocycles. The van der Waals surface area contributed by atoms with Crippen LogP contribution in [0.5, 0.6) is 0 Å². The second kappa shape index (κ2) is 4.73. The number of rotatable bonds is 3. The highest BCUT2D eigenvalue weighted by molar-refractivity contribution is 4.66. The molecule has 1 atom stereocenters. The monoisotopic (exact) mass is 157 g/mol. The third-order valence-electron chi connectivity index (χ3n) is 2.37. The highest BCUT2D eigenvalue weighted by atomic mass is 16.5. The molecule has 0 amide bonds. The van der Waals surface area contributed by atoms with Gasteiger partial charge in [0.25, 0.3) is 0 Å². The van der Waals surface area contributed by atoms with Crippen molar-refractivity contribution in [1.29, 1.82) is 0 Å². The largest absolute Gasteiger partial charge is 0.380 e. The van der Waals surface area contributed by atoms with Gasteiger partial charge in [0.1, 0.15) is 0 Å². The molecule has 0 spiro atoms. The third kappa shape index (κ3) is 3.21. The van der Waals surface area contributed by atoms with Gasteiger partial charge in [-0.25, -0.2) is 0 Å². The minimum absolute atomic E-state index is 0.396. The molecule has 2 heteroatoms. The van der Waals surface area contributed by atoms with Crippen LogP contribution in [0.3, 0.4) is 0 Å². The second-order valence-corrected chi connectivity index (χ2v) is 3.41. The van der Waals surface area contributed by atoms with E-state index in [0.29, 0.717) is 6.10 Å². The number of hydrogen-bond donors (Lipinski definition) is 0. The lowest BCUT2D eigenvalue weighted by Crippen LogP contribution is -2.35. The van der Waals surface area contributed by atoms with Crippen LogP contribution < -0.4 is 0 Å². The summed E-state index contributed by atoms with van der Waals surface area (Å²) in [5.41, 5.74) is 0. The van der Waals surface area contributed by atoms with Gasteiger partial charge in [-0.15, -0.1) is 0 Å². The van der Waals surface area contributed by atoms with Crippen LogP contribution in [0.4, 0.5) is 0 Å². The normalized spacial score (nSPS) is 23.5. The summed E-state index contributed by atoms with van der Waals surface area (Å²) >= 11 is 0. The molecule has 0 aliphatic carbocycles. The SMILES string of the molecule is COC(C)CN1CCCCC1. The standard InChI is InChI=1S/C9H19NO/c1-9(11-2)8-10-6-4-3-5-7-10/h9H,3-8H2,1-2H3. The molecule has 1 rings (SSSR count). The molecule has 0 saturated carbocycles. The average molecular weight is 157 g/mol. The summed E-state index contributed by atoms with van der Waals surface area (Å²) in [5, 5.41) is 0. The van der Waals surface area contributed by atoms with E-state index >= 15 is 0 Å². The second-order valence-electron chi connectivity index (χ2n) is 3.41. The quantitative estimate of drug-likeness (QED) is 0.615. The van der Waals surface area contributed by atoms with Crippen molar-refractivity contribution in [1.82, 2.24) is 4.90 Å². The van der Waals surface area contributed by atoms with Gasteiger partial charge in [-0.3, -0.25) is 0 Å². The highest BCUT2D eigenvalue weighted by Gasteiger charge is 2.12. The smallest absolute Gasteiger partial charge is 0.0670 e. The lowest BCUT2D eigenvalue weighted by Gasteiger charge is -2.28. The van der Waals surface area contributed by atoms with Crippen molar-refractivity contribution >= 4 is 0 Å². The average Bonchev–Trinajstić information content (AvgIpc) is 2.06. The van der Waals surface area contributed by atoms with Crippen molar-refractivity contribution in [3.63, 3.8) is 0 Å². The fraction of sp³-hybridized carbons (Fsp3) is 1.00. The molecule has 0 bridgehead atoms. The first kappa shape index (κ1) is 9.01. The first-order valence-corrected chi connectivity index (χ1v) is 4.58. The molecule has 0 aromatic heterocycles. The lowest BCUT2D eigenvalue weighted by atomic mass is 10.1. The number of piperidine rings is 1. The molecule has 1 saturated heterocycles. The summed E-state index contributed by atoms with van der Waals surface area (Å²) in [7, 11) is 1.79. The van der Waals surface area contributed by atoms with Crippen LogP contribution in [0.1, 0.15) is 26.2 Å². The topological polar surface area (TPSA) is 12.5 Å². The Bertz CT molecular complexity index is 99.7. The van der Waals surface area contributed by atoms with Crippen LogP contribution in [-0.4, -0.2) is 37.7 Å². The van der Waals surface area contributed by atoms with Gasteiger partial charge in [0.2, 0.25) is 0 Å². The molecule has 1 fully saturated rings. The van der Waals surface area contributed by atoms with Gasteiger partial charge < -0.3 is 9.64 Å². The molecule has 0 radical (unpaired) electrons. The lowest BCUT2D eigenvalue weighted by molar-refractivity contribution is 0.0700. The Morgan fingerprint density at radius 2 is 1.91 bits per heavy atom. The number of hydrogen-bond acceptors (Lipinski definition) is 2. The van der Waals surface area contributed by atoms with Crippen LogP contribution in [0.2, 0.25) is 0 Å². The van der Waals surface area contributed by atoms with Gasteiger partial charge >= 0.3 is 0 Å². The van der Waals surface area contributed by atoms with Crippen LogP contribution >= 0.6 is 0 Å². The summed E-state index contributed by atoms with van der Waals surface area (Å²) in [6.45, 7) is 5.78. The maximum atomic E-state index is 5.21. The number of nitrogens with zero attached hydrogens (tertiary/aromatic N) is 1. The van der Waals surface area contributed by atoms with Crippen LogP contribution in [-0.2, 0) is 4.74 Å². The molecule has 1 heterocycles. The van der Waals surface area contributed by atoms with E-state index in [0.717, 1.165) is 6.54 Å². The van der Waals surface area contributed by atoms with Gasteiger partial charge in [0.05, 0.1) is 6.10 Å². The first-order valence-electron chi connectivity index (χ1n) is 4.58. The number of likely N-dealkylation sites (tertiary alicyclic amines) is 1. The van der Waals surface area contributed by atoms with E-state index in [1.165, 1.54) is 32.4 Å². The molecule has 11 heavy (non-hydrogen) atoms. The number of ether oxygens (including phenoxy) is 1. The van der Waals surface area contributed by atoms with Gasteiger partial charge in [-0.2, -0.15) is 0 Å². The molecule has 0 aromatic rings. The zero-order chi connectivity index (χ0) is 8.10. The zero-order valence-corrected chi connectivity index (χ0v) is 7.68. The highest BCUT2D eigenvalue weighted by Crippen LogP contribution is 2.09. The fourth-order valence-electron chi connectivity index (χ4n) is 1.58. The predicted octanol–water partition coefficient (Wildman–Crippen LogP) is 1.51. The summed E-state index contributed by atoms with van der Waals surface area (Å²) in [6.07, 6.45) is 4.55. The molecule has 1 aliphatic heterocycles. The summed E-state index contributed by atoms with van der Waals surface area (Å²) in [5.74, 6) is 0. The molecule has 1 aliphatic rings. The van der Waals surface area contributed by atoms with Crippen molar-refractivity contribution < 1.29 is 4.74 Å². The van der Waals surface area contributed by atoms with Crippen LogP contribution in [0.15, 0.2) is 0 Å². The van der Waals surface area contributed by atoms with Gasteiger partial charge in [-0.05, 0) is 32.9 Å². The van der Waals surface area contributed by atoms with E-state index in [9.17, 15) is 0 Å². The molecule has 66 valence electrons. The molecule has 0 N–H and O–H groups in total. The number of methoxy groups -OCH3 is 1. The van der Waals surface area contributed by atoms with Crippen molar-refractivity contribution in [3.8, 4) is 0 Å². The maximum absolute atomic E-state index is 5.21. The summed E-state index contributed by atoms with van der Waals surface area (Å²) in [6, 6.07) is 0. The van der Waals surface area contributed by atoms with Crippen molar-refractivity contribution in [3.05, 3.63) is 0 Å². The minimum Gasteiger partial charge on any atom is -0.380 e. The van der Waals surface area contributed by atoms with E-state index in [-0.39, 0.29) is 0 Å². The Balaban J connectivity index is 2.13. The Morgan fingerprint density at radius 1 is 1.27 bits per heavy atom. The summed E-state index contributed by atoms with van der Waals surface area (Å²) in [4.78, 5) is 2.50. The van der Waals surface area contributed by atoms with Crippen molar-refractivity contribution in [2.24, 2.45) is 0 Å². The molecule has 1 unspecified atom stereocenters. The van der Waals surface area contributed by atoms with Crippen LogP contribution in [0, 0.1) is 0 Å². The van der Waals surface area contributed by atoms with E-state index in [1.807, 2.05) is 0 Å². The first-order chi connectivity index (χ1) is 5.33. The summed E-state index contributed by atoms with van der Waals surface area (Å²) < 4.78 is 5.21. The van der Waals surface area contributed by atoms with Crippen molar-refractivity contribution in [2.75, 3.05) is 26.7 Å². The van der Waals surface area contributed by atoms with Gasteiger partial charge in [-0.1, -0.05) is 6.42 Å². The van der Waals surface area contributed by atoms with E-state index in [2.05, 4.69) is 11.8 Å². The van der Waals surface area contributed by atoms with E-state index < -0.39 is 0 Å². The van der Waals surface area contributed by atoms with Gasteiger partial charge in [0, 0.05) is 13.7 Å². The van der Waals surface area contributed by atoms with Crippen LogP contribution in [0.25, 0.3) is 0 Å². The minimum atomic E-state index is 0.396. The molecular weight excluding hydrogens is 138 g/mol.